The predicted octanol–water partition coefficient (Wildman–Crippen LogP) is 4.32. The zero-order valence-electron chi connectivity index (χ0n) is 16.2. The maximum atomic E-state index is 10.4. The zero-order chi connectivity index (χ0) is 19.3. The van der Waals surface area contributed by atoms with Crippen LogP contribution in [0.5, 0.6) is 0 Å². The van der Waals surface area contributed by atoms with Gasteiger partial charge in [0.1, 0.15) is 16.2 Å². The van der Waals surface area contributed by atoms with Crippen LogP contribution >= 0.6 is 11.3 Å². The summed E-state index contributed by atoms with van der Waals surface area (Å²) in [7, 11) is 0. The predicted molar refractivity (Wildman–Crippen MR) is 111 cm³/mol. The van der Waals surface area contributed by atoms with Crippen LogP contribution in [0.4, 0.5) is 5.82 Å². The van der Waals surface area contributed by atoms with Crippen molar-refractivity contribution in [1.29, 1.82) is 5.26 Å². The van der Waals surface area contributed by atoms with Crippen molar-refractivity contribution in [3.8, 4) is 11.8 Å². The molecule has 0 saturated carbocycles. The third-order valence-corrected chi connectivity index (χ3v) is 7.30. The molecule has 0 bridgehead atoms. The normalized spacial score (nSPS) is 23.8. The fourth-order valence-corrected chi connectivity index (χ4v) is 5.83. The van der Waals surface area contributed by atoms with Crippen LogP contribution in [0.1, 0.15) is 41.2 Å². The fourth-order valence-electron chi connectivity index (χ4n) is 4.83. The third kappa shape index (κ3) is 2.43. The molecule has 4 heterocycles. The SMILES string of the molecule is Cc1csc(C2(C#N)Cc3c(C)nn(-c4ccccc4)c3N3CCCCC32)n1. The molecule has 2 aliphatic heterocycles. The van der Waals surface area contributed by atoms with Gasteiger partial charge in [0.25, 0.3) is 0 Å². The number of rotatable bonds is 2. The Kier molecular flexibility index (Phi) is 4.02. The first-order valence-corrected chi connectivity index (χ1v) is 10.8. The van der Waals surface area contributed by atoms with Crippen LogP contribution in [0.15, 0.2) is 35.7 Å². The number of fused-ring (bicyclic) bond motifs is 3. The van der Waals surface area contributed by atoms with Crippen molar-refractivity contribution in [3.05, 3.63) is 57.7 Å². The Bertz CT molecular complexity index is 1060. The van der Waals surface area contributed by atoms with Crippen molar-refractivity contribution in [3.63, 3.8) is 0 Å². The van der Waals surface area contributed by atoms with E-state index in [1.165, 1.54) is 11.4 Å². The average molecular weight is 390 g/mol. The second-order valence-electron chi connectivity index (χ2n) is 7.89. The molecule has 0 N–H and O–H groups in total. The van der Waals surface area contributed by atoms with E-state index in [0.717, 1.165) is 47.9 Å². The van der Waals surface area contributed by atoms with Crippen molar-refractivity contribution in [2.45, 2.75) is 51.0 Å². The number of aryl methyl sites for hydroxylation is 2. The lowest BCUT2D eigenvalue weighted by Crippen LogP contribution is -2.57. The number of hydrogen-bond donors (Lipinski definition) is 0. The van der Waals surface area contributed by atoms with Crippen LogP contribution in [-0.4, -0.2) is 27.4 Å². The minimum Gasteiger partial charge on any atom is -0.351 e. The second-order valence-corrected chi connectivity index (χ2v) is 8.75. The minimum atomic E-state index is -0.596. The summed E-state index contributed by atoms with van der Waals surface area (Å²) < 4.78 is 2.08. The molecule has 2 unspecified atom stereocenters. The topological polar surface area (TPSA) is 57.7 Å². The highest BCUT2D eigenvalue weighted by Gasteiger charge is 2.52. The van der Waals surface area contributed by atoms with E-state index in [2.05, 4.69) is 40.1 Å². The molecule has 6 heteroatoms. The Labute approximate surface area is 169 Å². The minimum absolute atomic E-state index is 0.142. The summed E-state index contributed by atoms with van der Waals surface area (Å²) in [5.41, 5.74) is 3.68. The van der Waals surface area contributed by atoms with Gasteiger partial charge in [-0.15, -0.1) is 11.3 Å². The second kappa shape index (κ2) is 6.46. The van der Waals surface area contributed by atoms with Crippen molar-refractivity contribution < 1.29 is 0 Å². The van der Waals surface area contributed by atoms with Crippen LogP contribution in [-0.2, 0) is 11.8 Å². The molecule has 2 aromatic heterocycles. The van der Waals surface area contributed by atoms with E-state index in [1.807, 2.05) is 25.1 Å². The number of para-hydroxylation sites is 1. The molecule has 0 spiro atoms. The maximum Gasteiger partial charge on any atom is 0.136 e. The first-order valence-electron chi connectivity index (χ1n) is 9.88. The number of nitriles is 1. The van der Waals surface area contributed by atoms with E-state index in [1.54, 1.807) is 11.3 Å². The van der Waals surface area contributed by atoms with Crippen molar-refractivity contribution in [2.75, 3.05) is 11.4 Å². The number of benzene rings is 1. The smallest absolute Gasteiger partial charge is 0.136 e. The molecule has 142 valence electrons. The fraction of sp³-hybridized carbons (Fsp3) is 0.409. The van der Waals surface area contributed by atoms with Gasteiger partial charge < -0.3 is 4.90 Å². The Morgan fingerprint density at radius 1 is 1.21 bits per heavy atom. The van der Waals surface area contributed by atoms with Gasteiger partial charge in [-0.2, -0.15) is 10.4 Å². The molecular formula is C22H23N5S. The Hall–Kier alpha value is -2.65. The van der Waals surface area contributed by atoms with Gasteiger partial charge in [0.2, 0.25) is 0 Å². The van der Waals surface area contributed by atoms with Crippen LogP contribution in [0, 0.1) is 25.2 Å². The van der Waals surface area contributed by atoms with Crippen molar-refractivity contribution >= 4 is 17.2 Å². The number of anilines is 1. The number of piperidine rings is 1. The summed E-state index contributed by atoms with van der Waals surface area (Å²) in [6.07, 6.45) is 4.01. The molecule has 28 heavy (non-hydrogen) atoms. The summed E-state index contributed by atoms with van der Waals surface area (Å²) in [6, 6.07) is 13.2. The van der Waals surface area contributed by atoms with E-state index < -0.39 is 5.41 Å². The van der Waals surface area contributed by atoms with Gasteiger partial charge in [0.15, 0.2) is 0 Å². The number of aromatic nitrogens is 3. The average Bonchev–Trinajstić information content (AvgIpc) is 3.32. The molecule has 2 aliphatic rings. The van der Waals surface area contributed by atoms with Gasteiger partial charge in [-0.25, -0.2) is 9.67 Å². The monoisotopic (exact) mass is 389 g/mol. The summed E-state index contributed by atoms with van der Waals surface area (Å²) in [5, 5.41) is 18.4. The summed E-state index contributed by atoms with van der Waals surface area (Å²) in [5.74, 6) is 1.17. The largest absolute Gasteiger partial charge is 0.351 e. The first kappa shape index (κ1) is 17.4. The van der Waals surface area contributed by atoms with Crippen molar-refractivity contribution in [2.24, 2.45) is 0 Å². The molecule has 1 aromatic carbocycles. The molecule has 0 aliphatic carbocycles. The highest BCUT2D eigenvalue weighted by atomic mass is 32.1. The lowest BCUT2D eigenvalue weighted by Gasteiger charge is -2.48. The molecule has 3 aromatic rings. The van der Waals surface area contributed by atoms with E-state index in [-0.39, 0.29) is 6.04 Å². The molecule has 1 fully saturated rings. The van der Waals surface area contributed by atoms with Gasteiger partial charge >= 0.3 is 0 Å². The Morgan fingerprint density at radius 3 is 2.75 bits per heavy atom. The summed E-state index contributed by atoms with van der Waals surface area (Å²) in [4.78, 5) is 7.23. The molecular weight excluding hydrogens is 366 g/mol. The summed E-state index contributed by atoms with van der Waals surface area (Å²) >= 11 is 1.63. The number of hydrogen-bond acceptors (Lipinski definition) is 5. The Morgan fingerprint density at radius 2 is 2.04 bits per heavy atom. The van der Waals surface area contributed by atoms with Gasteiger partial charge in [0.05, 0.1) is 23.5 Å². The third-order valence-electron chi connectivity index (χ3n) is 6.16. The molecule has 0 radical (unpaired) electrons. The molecule has 0 amide bonds. The molecule has 5 nitrogen and oxygen atoms in total. The van der Waals surface area contributed by atoms with Crippen molar-refractivity contribution in [1.82, 2.24) is 14.8 Å². The van der Waals surface area contributed by atoms with Gasteiger partial charge in [0, 0.05) is 29.6 Å². The van der Waals surface area contributed by atoms with Crippen LogP contribution in [0.2, 0.25) is 0 Å². The summed E-state index contributed by atoms with van der Waals surface area (Å²) in [6.45, 7) is 5.04. The van der Waals surface area contributed by atoms with Gasteiger partial charge in [-0.1, -0.05) is 18.2 Å². The molecule has 1 saturated heterocycles. The van der Waals surface area contributed by atoms with Gasteiger partial charge in [-0.05, 0) is 45.2 Å². The van der Waals surface area contributed by atoms with E-state index >= 15 is 0 Å². The quantitative estimate of drug-likeness (QED) is 0.655. The molecule has 5 rings (SSSR count). The van der Waals surface area contributed by atoms with Crippen LogP contribution < -0.4 is 4.90 Å². The maximum absolute atomic E-state index is 10.4. The lowest BCUT2D eigenvalue weighted by atomic mass is 9.70. The Balaban J connectivity index is 1.73. The van der Waals surface area contributed by atoms with E-state index in [9.17, 15) is 5.26 Å². The highest BCUT2D eigenvalue weighted by molar-refractivity contribution is 7.09. The van der Waals surface area contributed by atoms with Crippen LogP contribution in [0.3, 0.4) is 0 Å². The number of nitrogens with zero attached hydrogens (tertiary/aromatic N) is 5. The van der Waals surface area contributed by atoms with E-state index in [0.29, 0.717) is 6.42 Å². The van der Waals surface area contributed by atoms with E-state index in [4.69, 9.17) is 10.1 Å². The van der Waals surface area contributed by atoms with Crippen LogP contribution in [0.25, 0.3) is 5.69 Å². The van der Waals surface area contributed by atoms with Gasteiger partial charge in [-0.3, -0.25) is 0 Å². The lowest BCUT2D eigenvalue weighted by molar-refractivity contribution is 0.320. The number of thiazole rings is 1. The first-order chi connectivity index (χ1) is 13.6. The standard InChI is InChI=1S/C22H23N5S/c1-15-13-28-21(24-15)22(14-23)12-18-16(2)25-27(17-8-4-3-5-9-17)20(18)26-11-7-6-10-19(22)26/h3-5,8-9,13,19H,6-7,10-12H2,1-2H3. The zero-order valence-corrected chi connectivity index (χ0v) is 17.0. The molecule has 2 atom stereocenters. The highest BCUT2D eigenvalue weighted by Crippen LogP contribution is 2.48.